The van der Waals surface area contributed by atoms with Crippen LogP contribution >= 0.6 is 0 Å². The van der Waals surface area contributed by atoms with Gasteiger partial charge in [0.05, 0.1) is 5.69 Å². The Labute approximate surface area is 183 Å². The third-order valence-corrected chi connectivity index (χ3v) is 6.69. The minimum absolute atomic E-state index is 0.159. The molecule has 3 heterocycles. The van der Waals surface area contributed by atoms with Crippen LogP contribution in [0, 0.1) is 0 Å². The van der Waals surface area contributed by atoms with Gasteiger partial charge in [0, 0.05) is 37.4 Å². The molecular weight excluding hydrogens is 386 g/mol. The summed E-state index contributed by atoms with van der Waals surface area (Å²) in [5, 5.41) is 2.41. The molecule has 2 aliphatic heterocycles. The third kappa shape index (κ3) is 3.88. The van der Waals surface area contributed by atoms with Crippen LogP contribution in [0.3, 0.4) is 0 Å². The molecule has 3 aromatic rings. The van der Waals surface area contributed by atoms with E-state index in [0.29, 0.717) is 12.0 Å². The fraction of sp³-hybridized carbons (Fsp3) is 0.400. The number of amides is 1. The Morgan fingerprint density at radius 1 is 1.03 bits per heavy atom. The molecule has 0 spiro atoms. The topological polar surface area (TPSA) is 52.6 Å². The lowest BCUT2D eigenvalue weighted by Gasteiger charge is -2.28. The zero-order valence-electron chi connectivity index (χ0n) is 18.2. The lowest BCUT2D eigenvalue weighted by atomic mass is 10.1. The first-order chi connectivity index (χ1) is 15.1. The highest BCUT2D eigenvalue weighted by Gasteiger charge is 2.38. The molecule has 5 rings (SSSR count). The number of likely N-dealkylation sites (N-methyl/N-ethyl adjacent to an activating group) is 1. The van der Waals surface area contributed by atoms with Crippen molar-refractivity contribution < 1.29 is 4.79 Å². The van der Waals surface area contributed by atoms with Crippen LogP contribution in [0.15, 0.2) is 54.7 Å². The van der Waals surface area contributed by atoms with Crippen molar-refractivity contribution in [2.24, 2.45) is 0 Å². The Morgan fingerprint density at radius 3 is 2.68 bits per heavy atom. The Kier molecular flexibility index (Phi) is 5.32. The second kappa shape index (κ2) is 8.27. The number of hydrogen-bond acceptors (Lipinski definition) is 5. The summed E-state index contributed by atoms with van der Waals surface area (Å²) in [6, 6.07) is 17.0. The fourth-order valence-corrected chi connectivity index (χ4v) is 4.83. The smallest absolute Gasteiger partial charge is 0.245 e. The maximum absolute atomic E-state index is 13.3. The van der Waals surface area contributed by atoms with E-state index in [1.54, 1.807) is 0 Å². The van der Waals surface area contributed by atoms with Crippen molar-refractivity contribution >= 4 is 22.6 Å². The number of benzene rings is 2. The first-order valence-corrected chi connectivity index (χ1v) is 11.1. The molecule has 1 amide bonds. The lowest BCUT2D eigenvalue weighted by molar-refractivity contribution is -0.131. The predicted octanol–water partition coefficient (Wildman–Crippen LogP) is 3.43. The van der Waals surface area contributed by atoms with Crippen molar-refractivity contribution in [2.75, 3.05) is 38.6 Å². The first kappa shape index (κ1) is 19.9. The number of likely N-dealkylation sites (tertiary alicyclic amines) is 1. The van der Waals surface area contributed by atoms with Gasteiger partial charge in [0.15, 0.2) is 0 Å². The molecule has 2 aromatic carbocycles. The molecule has 1 aromatic heterocycles. The van der Waals surface area contributed by atoms with Crippen LogP contribution in [0.2, 0.25) is 0 Å². The number of fused-ring (bicyclic) bond motifs is 1. The van der Waals surface area contributed by atoms with Crippen LogP contribution in [0.4, 0.5) is 5.95 Å². The molecule has 0 saturated carbocycles. The Bertz CT molecular complexity index is 1100. The second-order valence-corrected chi connectivity index (χ2v) is 8.85. The number of hydrogen-bond donors (Lipinski definition) is 0. The van der Waals surface area contributed by atoms with E-state index in [1.165, 1.54) is 10.8 Å². The van der Waals surface area contributed by atoms with Crippen molar-refractivity contribution in [1.29, 1.82) is 0 Å². The summed E-state index contributed by atoms with van der Waals surface area (Å²) in [4.78, 5) is 29.1. The molecular formula is C25H29N5O. The van der Waals surface area contributed by atoms with Gasteiger partial charge in [-0.2, -0.15) is 0 Å². The maximum Gasteiger partial charge on any atom is 0.245 e. The van der Waals surface area contributed by atoms with Crippen LogP contribution in [0.5, 0.6) is 0 Å². The zero-order chi connectivity index (χ0) is 21.4. The molecule has 160 valence electrons. The standard InChI is InChI=1S/C25H29N5O/c1-28(2)21-12-15-29(17-21)24(31)23-8-5-14-30(23)25-26-13-11-22(27-25)20-10-9-18-6-3-4-7-19(18)16-20/h3-4,6-7,9-11,13,16,21,23H,5,8,12,14-15,17H2,1-2H3/t21?,23-/m0/s1. The van der Waals surface area contributed by atoms with Crippen LogP contribution in [-0.2, 0) is 4.79 Å². The summed E-state index contributed by atoms with van der Waals surface area (Å²) in [7, 11) is 4.18. The Hall–Kier alpha value is -2.99. The normalized spacial score (nSPS) is 21.4. The predicted molar refractivity (Wildman–Crippen MR) is 124 cm³/mol. The quantitative estimate of drug-likeness (QED) is 0.654. The SMILES string of the molecule is CN(C)C1CCN(C(=O)[C@@H]2CCCN2c2nccc(-c3ccc4ccccc4c3)n2)C1. The van der Waals surface area contributed by atoms with Gasteiger partial charge in [-0.3, -0.25) is 4.79 Å². The monoisotopic (exact) mass is 415 g/mol. The van der Waals surface area contributed by atoms with Gasteiger partial charge in [0.2, 0.25) is 11.9 Å². The van der Waals surface area contributed by atoms with E-state index in [0.717, 1.165) is 50.2 Å². The molecule has 2 fully saturated rings. The van der Waals surface area contributed by atoms with Gasteiger partial charge in [-0.15, -0.1) is 0 Å². The van der Waals surface area contributed by atoms with Crippen molar-refractivity contribution in [1.82, 2.24) is 19.8 Å². The highest BCUT2D eigenvalue weighted by molar-refractivity contribution is 5.87. The fourth-order valence-electron chi connectivity index (χ4n) is 4.83. The van der Waals surface area contributed by atoms with E-state index in [1.807, 2.05) is 17.2 Å². The molecule has 0 bridgehead atoms. The van der Waals surface area contributed by atoms with Crippen molar-refractivity contribution in [3.05, 3.63) is 54.7 Å². The molecule has 0 N–H and O–H groups in total. The molecule has 6 heteroatoms. The zero-order valence-corrected chi connectivity index (χ0v) is 18.2. The van der Waals surface area contributed by atoms with E-state index in [2.05, 4.69) is 71.3 Å². The van der Waals surface area contributed by atoms with Crippen LogP contribution in [-0.4, -0.2) is 71.5 Å². The van der Waals surface area contributed by atoms with Gasteiger partial charge in [0.1, 0.15) is 6.04 Å². The molecule has 1 unspecified atom stereocenters. The number of aromatic nitrogens is 2. The number of carbonyl (C=O) groups excluding carboxylic acids is 1. The van der Waals surface area contributed by atoms with E-state index in [9.17, 15) is 4.79 Å². The maximum atomic E-state index is 13.3. The minimum Gasteiger partial charge on any atom is -0.339 e. The highest BCUT2D eigenvalue weighted by atomic mass is 16.2. The van der Waals surface area contributed by atoms with Gasteiger partial charge in [-0.05, 0) is 56.3 Å². The van der Waals surface area contributed by atoms with Gasteiger partial charge in [-0.25, -0.2) is 9.97 Å². The lowest BCUT2D eigenvalue weighted by Crippen LogP contribution is -2.46. The van der Waals surface area contributed by atoms with Crippen molar-refractivity contribution in [2.45, 2.75) is 31.3 Å². The van der Waals surface area contributed by atoms with Crippen LogP contribution in [0.1, 0.15) is 19.3 Å². The largest absolute Gasteiger partial charge is 0.339 e. The Morgan fingerprint density at radius 2 is 1.87 bits per heavy atom. The van der Waals surface area contributed by atoms with Gasteiger partial charge < -0.3 is 14.7 Å². The minimum atomic E-state index is -0.159. The van der Waals surface area contributed by atoms with Gasteiger partial charge in [0.25, 0.3) is 0 Å². The highest BCUT2D eigenvalue weighted by Crippen LogP contribution is 2.28. The summed E-state index contributed by atoms with van der Waals surface area (Å²) in [6.07, 6.45) is 4.71. The first-order valence-electron chi connectivity index (χ1n) is 11.1. The summed E-state index contributed by atoms with van der Waals surface area (Å²) < 4.78 is 0. The van der Waals surface area contributed by atoms with Gasteiger partial charge in [-0.1, -0.05) is 36.4 Å². The van der Waals surface area contributed by atoms with E-state index >= 15 is 0 Å². The molecule has 2 aliphatic rings. The van der Waals surface area contributed by atoms with E-state index in [-0.39, 0.29) is 11.9 Å². The summed E-state index contributed by atoms with van der Waals surface area (Å²) in [6.45, 7) is 2.47. The van der Waals surface area contributed by atoms with Crippen LogP contribution < -0.4 is 4.90 Å². The average Bonchev–Trinajstić information content (AvgIpc) is 3.49. The summed E-state index contributed by atoms with van der Waals surface area (Å²) >= 11 is 0. The Balaban J connectivity index is 1.39. The third-order valence-electron chi connectivity index (χ3n) is 6.69. The number of anilines is 1. The van der Waals surface area contributed by atoms with E-state index < -0.39 is 0 Å². The second-order valence-electron chi connectivity index (χ2n) is 8.85. The molecule has 0 radical (unpaired) electrons. The van der Waals surface area contributed by atoms with Crippen molar-refractivity contribution in [3.63, 3.8) is 0 Å². The van der Waals surface area contributed by atoms with E-state index in [4.69, 9.17) is 4.98 Å². The van der Waals surface area contributed by atoms with Crippen LogP contribution in [0.25, 0.3) is 22.0 Å². The van der Waals surface area contributed by atoms with Crippen molar-refractivity contribution in [3.8, 4) is 11.3 Å². The number of carbonyl (C=O) groups is 1. The molecule has 0 aliphatic carbocycles. The number of rotatable bonds is 4. The summed E-state index contributed by atoms with van der Waals surface area (Å²) in [5.74, 6) is 0.881. The van der Waals surface area contributed by atoms with Gasteiger partial charge >= 0.3 is 0 Å². The summed E-state index contributed by atoms with van der Waals surface area (Å²) in [5.41, 5.74) is 1.96. The molecule has 2 atom stereocenters. The molecule has 6 nitrogen and oxygen atoms in total. The average molecular weight is 416 g/mol. The number of nitrogens with zero attached hydrogens (tertiary/aromatic N) is 5. The molecule has 31 heavy (non-hydrogen) atoms. The molecule has 2 saturated heterocycles.